The van der Waals surface area contributed by atoms with Gasteiger partial charge < -0.3 is 15.4 Å². The number of fused-ring (bicyclic) bond motifs is 1. The normalized spacial score (nSPS) is 16.4. The zero-order valence-corrected chi connectivity index (χ0v) is 19.3. The van der Waals surface area contributed by atoms with Gasteiger partial charge >= 0.3 is 23.9 Å². The summed E-state index contributed by atoms with van der Waals surface area (Å²) in [5, 5.41) is 3.48. The van der Waals surface area contributed by atoms with Crippen molar-refractivity contribution in [1.29, 1.82) is 0 Å². The Balaban J connectivity index is 1.99. The van der Waals surface area contributed by atoms with Gasteiger partial charge in [-0.1, -0.05) is 19.1 Å². The molecule has 1 heterocycles. The topological polar surface area (TPSA) is 67.4 Å². The predicted molar refractivity (Wildman–Crippen MR) is 116 cm³/mol. The van der Waals surface area contributed by atoms with E-state index in [4.69, 9.17) is 4.74 Å². The Labute approximate surface area is 199 Å². The maximum atomic E-state index is 13.9. The van der Waals surface area contributed by atoms with Crippen LogP contribution < -0.4 is 15.4 Å². The summed E-state index contributed by atoms with van der Waals surface area (Å²) < 4.78 is 97.6. The van der Waals surface area contributed by atoms with Crippen molar-refractivity contribution in [3.63, 3.8) is 0 Å². The standard InChI is InChI=1S/C22H21F7N2O3S/c1-3-34-14-7-5-4-6-13(14)30-17(32)16-12-9-8-11(2)10-15(12)35-18(16)31-19(33)20(23,24)21(25,26)22(27,28)29/h4-7,11H,3,8-10H2,1-2H3,(H,30,32)(H,31,33)/t11-/m0/s1. The van der Waals surface area contributed by atoms with E-state index >= 15 is 0 Å². The van der Waals surface area contributed by atoms with Crippen LogP contribution >= 0.6 is 11.3 Å². The third-order valence-corrected chi connectivity index (χ3v) is 6.61. The van der Waals surface area contributed by atoms with Gasteiger partial charge in [-0.25, -0.2) is 0 Å². The molecular weight excluding hydrogens is 505 g/mol. The fraction of sp³-hybridized carbons (Fsp3) is 0.455. The van der Waals surface area contributed by atoms with E-state index in [0.717, 1.165) is 0 Å². The van der Waals surface area contributed by atoms with Gasteiger partial charge in [-0.05, 0) is 49.8 Å². The fourth-order valence-corrected chi connectivity index (χ4v) is 5.02. The second-order valence-corrected chi connectivity index (χ2v) is 9.15. The molecule has 1 aliphatic carbocycles. The molecule has 192 valence electrons. The summed E-state index contributed by atoms with van der Waals surface area (Å²) in [6, 6.07) is 6.29. The Morgan fingerprint density at radius 3 is 2.37 bits per heavy atom. The summed E-state index contributed by atoms with van der Waals surface area (Å²) in [5.74, 6) is -16.0. The maximum absolute atomic E-state index is 13.9. The van der Waals surface area contributed by atoms with Crippen molar-refractivity contribution in [2.24, 2.45) is 5.92 Å². The number of rotatable bonds is 7. The minimum atomic E-state index is -6.67. The van der Waals surface area contributed by atoms with Gasteiger partial charge in [-0.2, -0.15) is 30.7 Å². The first-order valence-electron chi connectivity index (χ1n) is 10.5. The number of hydrogen-bond acceptors (Lipinski definition) is 4. The summed E-state index contributed by atoms with van der Waals surface area (Å²) >= 11 is 0.698. The minimum Gasteiger partial charge on any atom is -0.492 e. The minimum absolute atomic E-state index is 0.148. The van der Waals surface area contributed by atoms with Gasteiger partial charge in [0.05, 0.1) is 17.9 Å². The van der Waals surface area contributed by atoms with E-state index in [2.05, 4.69) is 5.32 Å². The van der Waals surface area contributed by atoms with E-state index in [-0.39, 0.29) is 23.8 Å². The summed E-state index contributed by atoms with van der Waals surface area (Å²) in [4.78, 5) is 25.7. The highest BCUT2D eigenvalue weighted by Crippen LogP contribution is 2.48. The smallest absolute Gasteiger partial charge is 0.460 e. The average molecular weight is 526 g/mol. The van der Waals surface area contributed by atoms with Crippen LogP contribution in [-0.4, -0.2) is 36.4 Å². The lowest BCUT2D eigenvalue weighted by atomic mass is 9.88. The van der Waals surface area contributed by atoms with Crippen LogP contribution in [0.1, 0.15) is 41.1 Å². The third-order valence-electron chi connectivity index (χ3n) is 5.44. The van der Waals surface area contributed by atoms with Crippen molar-refractivity contribution >= 4 is 33.8 Å². The molecule has 0 saturated heterocycles. The van der Waals surface area contributed by atoms with E-state index in [1.54, 1.807) is 25.1 Å². The van der Waals surface area contributed by atoms with Gasteiger partial charge in [0.2, 0.25) is 0 Å². The molecule has 35 heavy (non-hydrogen) atoms. The van der Waals surface area contributed by atoms with Crippen LogP contribution in [0.4, 0.5) is 41.4 Å². The van der Waals surface area contributed by atoms with Gasteiger partial charge in [0.25, 0.3) is 5.91 Å². The molecule has 0 unspecified atom stereocenters. The van der Waals surface area contributed by atoms with E-state index in [1.165, 1.54) is 11.4 Å². The molecule has 0 aliphatic heterocycles. The lowest BCUT2D eigenvalue weighted by molar-refractivity contribution is -0.343. The van der Waals surface area contributed by atoms with Crippen molar-refractivity contribution in [1.82, 2.24) is 0 Å². The number of carbonyl (C=O) groups is 2. The molecule has 2 aromatic rings. The highest BCUT2D eigenvalue weighted by atomic mass is 32.1. The summed E-state index contributed by atoms with van der Waals surface area (Å²) in [7, 11) is 0. The zero-order chi connectivity index (χ0) is 26.2. The van der Waals surface area contributed by atoms with Crippen molar-refractivity contribution in [2.75, 3.05) is 17.2 Å². The Bertz CT molecular complexity index is 1110. The lowest BCUT2D eigenvalue weighted by Crippen LogP contribution is -2.57. The molecule has 1 aromatic heterocycles. The molecule has 0 radical (unpaired) electrons. The van der Waals surface area contributed by atoms with Crippen LogP contribution in [-0.2, 0) is 17.6 Å². The summed E-state index contributed by atoms with van der Waals surface area (Å²) in [6.07, 6.45) is -5.30. The molecule has 5 nitrogen and oxygen atoms in total. The quantitative estimate of drug-likeness (QED) is 0.417. The number of amides is 2. The molecule has 3 rings (SSSR count). The number of anilines is 2. The molecule has 1 aromatic carbocycles. The van der Waals surface area contributed by atoms with Gasteiger partial charge in [0.1, 0.15) is 10.8 Å². The molecular formula is C22H21F7N2O3S. The fourth-order valence-electron chi connectivity index (χ4n) is 3.62. The molecule has 13 heteroatoms. The van der Waals surface area contributed by atoms with E-state index in [0.29, 0.717) is 46.8 Å². The molecule has 2 amide bonds. The summed E-state index contributed by atoms with van der Waals surface area (Å²) in [6.45, 7) is 3.87. The Morgan fingerprint density at radius 2 is 1.74 bits per heavy atom. The van der Waals surface area contributed by atoms with E-state index < -0.39 is 34.8 Å². The van der Waals surface area contributed by atoms with E-state index in [9.17, 15) is 40.3 Å². The molecule has 1 aliphatic rings. The largest absolute Gasteiger partial charge is 0.492 e. The van der Waals surface area contributed by atoms with Crippen molar-refractivity contribution in [3.05, 3.63) is 40.3 Å². The molecule has 0 saturated carbocycles. The maximum Gasteiger partial charge on any atom is 0.460 e. The molecule has 0 spiro atoms. The van der Waals surface area contributed by atoms with Crippen LogP contribution in [0.2, 0.25) is 0 Å². The van der Waals surface area contributed by atoms with Crippen LogP contribution in [0.5, 0.6) is 5.75 Å². The number of halogens is 7. The highest BCUT2D eigenvalue weighted by Gasteiger charge is 2.76. The first kappa shape index (κ1) is 26.8. The van der Waals surface area contributed by atoms with Crippen molar-refractivity contribution in [3.8, 4) is 5.75 Å². The van der Waals surface area contributed by atoms with Gasteiger partial charge in [-0.15, -0.1) is 11.3 Å². The third kappa shape index (κ3) is 5.09. The molecule has 0 bridgehead atoms. The second kappa shape index (κ2) is 9.67. The monoisotopic (exact) mass is 526 g/mol. The first-order chi connectivity index (χ1) is 16.2. The van der Waals surface area contributed by atoms with Gasteiger partial charge in [0, 0.05) is 4.88 Å². The number of para-hydroxylation sites is 2. The van der Waals surface area contributed by atoms with Gasteiger partial charge in [-0.3, -0.25) is 9.59 Å². The molecule has 1 atom stereocenters. The number of thiophene rings is 1. The zero-order valence-electron chi connectivity index (χ0n) is 18.5. The van der Waals surface area contributed by atoms with Crippen molar-refractivity contribution < 1.29 is 45.1 Å². The average Bonchev–Trinajstić information content (AvgIpc) is 3.11. The molecule has 0 fully saturated rings. The van der Waals surface area contributed by atoms with Crippen LogP contribution in [0.15, 0.2) is 24.3 Å². The number of nitrogens with one attached hydrogen (secondary N) is 2. The van der Waals surface area contributed by atoms with Crippen LogP contribution in [0.3, 0.4) is 0 Å². The SMILES string of the molecule is CCOc1ccccc1NC(=O)c1c(NC(=O)C(F)(F)C(F)(F)C(F)(F)F)sc2c1CC[C@H](C)C2. The number of carbonyl (C=O) groups excluding carboxylic acids is 2. The summed E-state index contributed by atoms with van der Waals surface area (Å²) in [5.41, 5.74) is 0.373. The second-order valence-electron chi connectivity index (χ2n) is 8.04. The Hall–Kier alpha value is -2.83. The van der Waals surface area contributed by atoms with Gasteiger partial charge in [0.15, 0.2) is 0 Å². The number of hydrogen-bond donors (Lipinski definition) is 2. The van der Waals surface area contributed by atoms with E-state index in [1.807, 2.05) is 6.92 Å². The van der Waals surface area contributed by atoms with Crippen molar-refractivity contribution in [2.45, 2.75) is 51.1 Å². The van der Waals surface area contributed by atoms with Crippen LogP contribution in [0, 0.1) is 5.92 Å². The molecule has 2 N–H and O–H groups in total. The first-order valence-corrected chi connectivity index (χ1v) is 11.3. The lowest BCUT2D eigenvalue weighted by Gasteiger charge is -2.27. The number of alkyl halides is 7. The predicted octanol–water partition coefficient (Wildman–Crippen LogP) is 6.30. The number of ether oxygens (including phenoxy) is 1. The Morgan fingerprint density at radius 1 is 1.09 bits per heavy atom. The van der Waals surface area contributed by atoms with Crippen LogP contribution in [0.25, 0.3) is 0 Å². The number of benzene rings is 1. The highest BCUT2D eigenvalue weighted by molar-refractivity contribution is 7.17. The Kier molecular flexibility index (Phi) is 7.39.